The molecular weight excluding hydrogens is 292 g/mol. The lowest BCUT2D eigenvalue weighted by molar-refractivity contribution is -0.120. The number of amides is 1. The summed E-state index contributed by atoms with van der Waals surface area (Å²) in [4.78, 5) is 11.9. The molecule has 1 saturated carbocycles. The molecule has 2 aliphatic rings. The second kappa shape index (κ2) is 7.21. The smallest absolute Gasteiger partial charge is 0.234 e. The SMILES string of the molecule is CCOc1cc2c(cc1CNC(=O)CNCC1CC1)OC(C)C2. The summed E-state index contributed by atoms with van der Waals surface area (Å²) >= 11 is 0. The first kappa shape index (κ1) is 16.1. The van der Waals surface area contributed by atoms with Gasteiger partial charge in [-0.25, -0.2) is 0 Å². The summed E-state index contributed by atoms with van der Waals surface area (Å²) in [5.74, 6) is 2.55. The normalized spacial score (nSPS) is 19.1. The van der Waals surface area contributed by atoms with Crippen LogP contribution in [0.5, 0.6) is 11.5 Å². The molecule has 1 atom stereocenters. The van der Waals surface area contributed by atoms with Crippen molar-refractivity contribution in [1.82, 2.24) is 10.6 Å². The van der Waals surface area contributed by atoms with Crippen LogP contribution in [-0.2, 0) is 17.8 Å². The third kappa shape index (κ3) is 4.38. The van der Waals surface area contributed by atoms with E-state index in [1.807, 2.05) is 13.0 Å². The van der Waals surface area contributed by atoms with Crippen LogP contribution in [0, 0.1) is 5.92 Å². The highest BCUT2D eigenvalue weighted by molar-refractivity contribution is 5.78. The molecule has 5 nitrogen and oxygen atoms in total. The monoisotopic (exact) mass is 318 g/mol. The number of carbonyl (C=O) groups excluding carboxylic acids is 1. The van der Waals surface area contributed by atoms with Gasteiger partial charge in [0.2, 0.25) is 5.91 Å². The van der Waals surface area contributed by atoms with Gasteiger partial charge in [0, 0.05) is 24.1 Å². The molecule has 0 aromatic heterocycles. The lowest BCUT2D eigenvalue weighted by Gasteiger charge is -2.13. The average molecular weight is 318 g/mol. The lowest BCUT2D eigenvalue weighted by atomic mass is 10.1. The van der Waals surface area contributed by atoms with Gasteiger partial charge in [-0.1, -0.05) is 0 Å². The first-order valence-corrected chi connectivity index (χ1v) is 8.58. The van der Waals surface area contributed by atoms with E-state index in [1.165, 1.54) is 18.4 Å². The number of nitrogens with one attached hydrogen (secondary N) is 2. The quantitative estimate of drug-likeness (QED) is 0.770. The molecule has 1 aromatic rings. The van der Waals surface area contributed by atoms with Crippen molar-refractivity contribution in [2.24, 2.45) is 5.92 Å². The fraction of sp³-hybridized carbons (Fsp3) is 0.611. The predicted molar refractivity (Wildman–Crippen MR) is 88.8 cm³/mol. The topological polar surface area (TPSA) is 59.6 Å². The fourth-order valence-electron chi connectivity index (χ4n) is 2.88. The number of fused-ring (bicyclic) bond motifs is 1. The number of benzene rings is 1. The molecule has 5 heteroatoms. The molecule has 1 aromatic carbocycles. The second-order valence-corrected chi connectivity index (χ2v) is 6.48. The van der Waals surface area contributed by atoms with Crippen LogP contribution in [0.3, 0.4) is 0 Å². The minimum absolute atomic E-state index is 0.0166. The van der Waals surface area contributed by atoms with Crippen molar-refractivity contribution < 1.29 is 14.3 Å². The van der Waals surface area contributed by atoms with Gasteiger partial charge in [-0.3, -0.25) is 4.79 Å². The molecule has 1 unspecified atom stereocenters. The highest BCUT2D eigenvalue weighted by Crippen LogP contribution is 2.35. The maximum absolute atomic E-state index is 11.9. The summed E-state index contributed by atoms with van der Waals surface area (Å²) < 4.78 is 11.5. The molecule has 1 aliphatic carbocycles. The lowest BCUT2D eigenvalue weighted by Crippen LogP contribution is -2.34. The van der Waals surface area contributed by atoms with Crippen LogP contribution in [0.4, 0.5) is 0 Å². The molecule has 3 rings (SSSR count). The number of ether oxygens (including phenoxy) is 2. The molecule has 2 N–H and O–H groups in total. The van der Waals surface area contributed by atoms with Crippen molar-refractivity contribution in [2.45, 2.75) is 45.8 Å². The van der Waals surface area contributed by atoms with E-state index >= 15 is 0 Å². The van der Waals surface area contributed by atoms with E-state index < -0.39 is 0 Å². The average Bonchev–Trinajstić information content (AvgIpc) is 3.26. The predicted octanol–water partition coefficient (Wildman–Crippen LogP) is 2.02. The number of hydrogen-bond donors (Lipinski definition) is 2. The van der Waals surface area contributed by atoms with E-state index in [4.69, 9.17) is 9.47 Å². The van der Waals surface area contributed by atoms with Crippen molar-refractivity contribution in [3.63, 3.8) is 0 Å². The fourth-order valence-corrected chi connectivity index (χ4v) is 2.88. The molecule has 0 radical (unpaired) electrons. The zero-order valence-electron chi connectivity index (χ0n) is 14.0. The van der Waals surface area contributed by atoms with Crippen LogP contribution in [-0.4, -0.2) is 31.7 Å². The Morgan fingerprint density at radius 1 is 1.39 bits per heavy atom. The zero-order chi connectivity index (χ0) is 16.2. The number of carbonyl (C=O) groups is 1. The molecule has 0 spiro atoms. The van der Waals surface area contributed by atoms with E-state index in [9.17, 15) is 4.79 Å². The van der Waals surface area contributed by atoms with E-state index in [0.29, 0.717) is 19.7 Å². The van der Waals surface area contributed by atoms with Crippen LogP contribution in [0.2, 0.25) is 0 Å². The first-order valence-electron chi connectivity index (χ1n) is 8.58. The van der Waals surface area contributed by atoms with Crippen molar-refractivity contribution >= 4 is 5.91 Å². The summed E-state index contributed by atoms with van der Waals surface area (Å²) in [7, 11) is 0. The Labute approximate surface area is 137 Å². The van der Waals surface area contributed by atoms with Gasteiger partial charge in [0.05, 0.1) is 13.2 Å². The third-order valence-electron chi connectivity index (χ3n) is 4.27. The van der Waals surface area contributed by atoms with Gasteiger partial charge < -0.3 is 20.1 Å². The Hall–Kier alpha value is -1.75. The van der Waals surface area contributed by atoms with Gasteiger partial charge in [0.15, 0.2) is 0 Å². The third-order valence-corrected chi connectivity index (χ3v) is 4.27. The maximum Gasteiger partial charge on any atom is 0.234 e. The molecule has 1 heterocycles. The van der Waals surface area contributed by atoms with Crippen LogP contribution >= 0.6 is 0 Å². The van der Waals surface area contributed by atoms with Gasteiger partial charge in [-0.15, -0.1) is 0 Å². The van der Waals surface area contributed by atoms with Crippen LogP contribution in [0.1, 0.15) is 37.8 Å². The van der Waals surface area contributed by atoms with Crippen LogP contribution in [0.15, 0.2) is 12.1 Å². The summed E-state index contributed by atoms with van der Waals surface area (Å²) in [5.41, 5.74) is 2.15. The van der Waals surface area contributed by atoms with Gasteiger partial charge in [-0.2, -0.15) is 0 Å². The Balaban J connectivity index is 1.57. The molecule has 126 valence electrons. The number of hydrogen-bond acceptors (Lipinski definition) is 4. The van der Waals surface area contributed by atoms with Crippen LogP contribution < -0.4 is 20.1 Å². The summed E-state index contributed by atoms with van der Waals surface area (Å²) in [5, 5.41) is 6.16. The Kier molecular flexibility index (Phi) is 5.06. The minimum atomic E-state index is 0.0166. The summed E-state index contributed by atoms with van der Waals surface area (Å²) in [6.45, 7) is 6.42. The second-order valence-electron chi connectivity index (χ2n) is 6.48. The minimum Gasteiger partial charge on any atom is -0.494 e. The molecule has 1 fully saturated rings. The van der Waals surface area contributed by atoms with E-state index in [-0.39, 0.29) is 12.0 Å². The summed E-state index contributed by atoms with van der Waals surface area (Å²) in [6, 6.07) is 4.05. The zero-order valence-corrected chi connectivity index (χ0v) is 14.0. The molecular formula is C18H26N2O3. The number of rotatable bonds is 8. The van der Waals surface area contributed by atoms with Gasteiger partial charge >= 0.3 is 0 Å². The highest BCUT2D eigenvalue weighted by Gasteiger charge is 2.22. The van der Waals surface area contributed by atoms with Gasteiger partial charge in [-0.05, 0) is 51.3 Å². The molecule has 0 bridgehead atoms. The molecule has 1 amide bonds. The summed E-state index contributed by atoms with van der Waals surface area (Å²) in [6.07, 6.45) is 3.70. The van der Waals surface area contributed by atoms with Crippen LogP contribution in [0.25, 0.3) is 0 Å². The molecule has 0 saturated heterocycles. The molecule has 1 aliphatic heterocycles. The maximum atomic E-state index is 11.9. The van der Waals surface area contributed by atoms with E-state index in [2.05, 4.69) is 23.6 Å². The first-order chi connectivity index (χ1) is 11.2. The van der Waals surface area contributed by atoms with E-state index in [0.717, 1.165) is 35.9 Å². The van der Waals surface area contributed by atoms with Crippen molar-refractivity contribution in [3.05, 3.63) is 23.3 Å². The van der Waals surface area contributed by atoms with Crippen molar-refractivity contribution in [1.29, 1.82) is 0 Å². The van der Waals surface area contributed by atoms with Crippen molar-refractivity contribution in [3.8, 4) is 11.5 Å². The van der Waals surface area contributed by atoms with Crippen molar-refractivity contribution in [2.75, 3.05) is 19.7 Å². The highest BCUT2D eigenvalue weighted by atomic mass is 16.5. The Morgan fingerprint density at radius 3 is 2.96 bits per heavy atom. The van der Waals surface area contributed by atoms with Gasteiger partial charge in [0.25, 0.3) is 0 Å². The Morgan fingerprint density at radius 2 is 2.22 bits per heavy atom. The Bertz CT molecular complexity index is 570. The van der Waals surface area contributed by atoms with E-state index in [1.54, 1.807) is 0 Å². The standard InChI is InChI=1S/C18H26N2O3/c1-3-22-16-7-14-6-12(2)23-17(14)8-15(16)10-20-18(21)11-19-9-13-4-5-13/h7-8,12-13,19H,3-6,9-11H2,1-2H3,(H,20,21). The molecule has 23 heavy (non-hydrogen) atoms. The largest absolute Gasteiger partial charge is 0.494 e. The van der Waals surface area contributed by atoms with Gasteiger partial charge in [0.1, 0.15) is 17.6 Å².